The van der Waals surface area contributed by atoms with Crippen LogP contribution in [0.2, 0.25) is 0 Å². The molecule has 0 aliphatic heterocycles. The van der Waals surface area contributed by atoms with Gasteiger partial charge in [0.05, 0.1) is 23.1 Å². The van der Waals surface area contributed by atoms with Gasteiger partial charge in [-0.1, -0.05) is 107 Å². The third-order valence-electron chi connectivity index (χ3n) is 8.19. The Kier molecular flexibility index (Phi) is 7.74. The zero-order chi connectivity index (χ0) is 38.2. The van der Waals surface area contributed by atoms with E-state index in [4.69, 9.17) is 17.6 Å². The largest absolute Gasteiger partial charge is 0.464 e. The number of pyridine rings is 1. The maximum absolute atomic E-state index is 7.28. The molecule has 0 amide bonds. The summed E-state index contributed by atoms with van der Waals surface area (Å²) >= 11 is 1.62. The number of rotatable bonds is 5. The van der Waals surface area contributed by atoms with Gasteiger partial charge in [0.1, 0.15) is 5.76 Å². The van der Waals surface area contributed by atoms with Crippen LogP contribution < -0.4 is 0 Å². The normalized spacial score (nSPS) is 13.1. The molecule has 0 fully saturated rings. The summed E-state index contributed by atoms with van der Waals surface area (Å²) in [6.45, 7) is -4.34. The van der Waals surface area contributed by atoms with Gasteiger partial charge in [-0.25, -0.2) is 0 Å². The van der Waals surface area contributed by atoms with E-state index in [0.29, 0.717) is 11.3 Å². The van der Waals surface area contributed by atoms with Crippen molar-refractivity contribution in [1.82, 2.24) is 14.5 Å². The summed E-state index contributed by atoms with van der Waals surface area (Å²) in [4.78, 5) is 9.14. The zero-order valence-electron chi connectivity index (χ0n) is 32.4. The van der Waals surface area contributed by atoms with Gasteiger partial charge in [0, 0.05) is 45.8 Å². The van der Waals surface area contributed by atoms with E-state index in [1.807, 2.05) is 24.3 Å². The molecule has 9 aromatic rings. The van der Waals surface area contributed by atoms with E-state index in [2.05, 4.69) is 106 Å². The molecule has 0 saturated heterocycles. The number of para-hydroxylation sites is 2. The fraction of sp³-hybridized carbons (Fsp3) is 0.0455. The molecule has 245 valence electrons. The number of aromatic nitrogens is 3. The summed E-state index contributed by atoms with van der Waals surface area (Å²) in [5.74, 6) is 1.75. The Bertz CT molecular complexity index is 2650. The third-order valence-corrected chi connectivity index (χ3v) is 9.07. The van der Waals surface area contributed by atoms with Crippen LogP contribution in [0.4, 0.5) is 0 Å². The summed E-state index contributed by atoms with van der Waals surface area (Å²) in [6, 6.07) is 48.2. The Balaban J connectivity index is 0.000000197. The van der Waals surface area contributed by atoms with Gasteiger partial charge in [-0.05, 0) is 65.6 Å². The Morgan fingerprint density at radius 2 is 1.52 bits per heavy atom. The fourth-order valence-electron chi connectivity index (χ4n) is 5.76. The molecule has 0 N–H and O–H groups in total. The number of hydrogen-bond acceptors (Lipinski definition) is 4. The molecule has 0 aliphatic rings. The van der Waals surface area contributed by atoms with E-state index in [-0.39, 0.29) is 31.2 Å². The van der Waals surface area contributed by atoms with Crippen molar-refractivity contribution in [2.45, 2.75) is 13.7 Å². The predicted molar refractivity (Wildman–Crippen MR) is 202 cm³/mol. The van der Waals surface area contributed by atoms with Crippen LogP contribution in [0.25, 0.3) is 71.9 Å². The van der Waals surface area contributed by atoms with Gasteiger partial charge >= 0.3 is 0 Å². The van der Waals surface area contributed by atoms with E-state index >= 15 is 0 Å². The molecule has 6 heteroatoms. The Labute approximate surface area is 317 Å². The van der Waals surface area contributed by atoms with Crippen LogP contribution in [0.15, 0.2) is 156 Å². The second-order valence-electron chi connectivity index (χ2n) is 11.4. The standard InChI is InChI=1S/C31H19N2OS.C13H12N.Ir/c1-2-7-21(8-3-1)22-12-15-24(16-13-22)33-28-10-5-4-9-27(28)32-31(33)26-20-35-30-17-14-23(19-25(26)30)29-11-6-18-34-29;1-10-3-6-12(7-4-10)13-8-5-11(2)9-14-13;/h1-19H;3-6,8-9H,1-2H3;/q2*-1;/i;1D3,2D3;. The number of fused-ring (bicyclic) bond motifs is 2. The van der Waals surface area contributed by atoms with Gasteiger partial charge in [0.15, 0.2) is 0 Å². The first kappa shape index (κ1) is 26.5. The van der Waals surface area contributed by atoms with E-state index in [1.54, 1.807) is 29.7 Å². The fourth-order valence-corrected chi connectivity index (χ4v) is 6.58. The summed E-state index contributed by atoms with van der Waals surface area (Å²) in [7, 11) is 0. The topological polar surface area (TPSA) is 43.9 Å². The van der Waals surface area contributed by atoms with E-state index in [9.17, 15) is 0 Å². The van der Waals surface area contributed by atoms with Crippen molar-refractivity contribution >= 4 is 32.5 Å². The molecule has 50 heavy (non-hydrogen) atoms. The number of hydrogen-bond donors (Lipinski definition) is 0. The number of imidazole rings is 1. The summed E-state index contributed by atoms with van der Waals surface area (Å²) < 4.78 is 52.7. The van der Waals surface area contributed by atoms with Crippen LogP contribution in [0.1, 0.15) is 19.4 Å². The minimum absolute atomic E-state index is 0. The number of thiophene rings is 1. The second kappa shape index (κ2) is 14.6. The zero-order valence-corrected chi connectivity index (χ0v) is 29.6. The van der Waals surface area contributed by atoms with Crippen molar-refractivity contribution in [2.75, 3.05) is 0 Å². The summed E-state index contributed by atoms with van der Waals surface area (Å²) in [6.07, 6.45) is 3.01. The summed E-state index contributed by atoms with van der Waals surface area (Å²) in [5, 5.41) is 4.66. The smallest absolute Gasteiger partial charge is 0.133 e. The minimum atomic E-state index is -2.18. The molecule has 1 radical (unpaired) electrons. The van der Waals surface area contributed by atoms with Crippen molar-refractivity contribution in [1.29, 1.82) is 0 Å². The van der Waals surface area contributed by atoms with Crippen LogP contribution in [0, 0.1) is 25.2 Å². The molecular weight excluding hydrogens is 811 g/mol. The maximum Gasteiger partial charge on any atom is 0.133 e. The molecule has 5 aromatic carbocycles. The van der Waals surface area contributed by atoms with Gasteiger partial charge in [0.25, 0.3) is 0 Å². The first-order chi connectivity index (χ1) is 26.5. The van der Waals surface area contributed by atoms with E-state index in [1.165, 1.54) is 40.2 Å². The van der Waals surface area contributed by atoms with Crippen molar-refractivity contribution in [3.8, 4) is 50.8 Å². The SMILES string of the molecule is [2H]C([2H])([2H])c1c[c-]c(-c2ccc(C([2H])([2H])[2H])cn2)cc1.[Ir].[c-]1sc2ccc(-c3ccco3)cc2c1-c1nc2ccccc2n1-c1ccc(-c2ccccc2)cc1. The second-order valence-corrected chi connectivity index (χ2v) is 12.2. The molecule has 0 bridgehead atoms. The minimum Gasteiger partial charge on any atom is -0.464 e. The first-order valence-corrected chi connectivity index (χ1v) is 16.5. The van der Waals surface area contributed by atoms with E-state index in [0.717, 1.165) is 44.8 Å². The summed E-state index contributed by atoms with van der Waals surface area (Å²) in [5.41, 5.74) is 9.10. The molecule has 4 aromatic heterocycles. The molecule has 4 heterocycles. The molecule has 0 unspecified atom stereocenters. The Morgan fingerprint density at radius 3 is 2.26 bits per heavy atom. The van der Waals surface area contributed by atoms with Crippen LogP contribution >= 0.6 is 11.3 Å². The van der Waals surface area contributed by atoms with Gasteiger partial charge in [-0.15, -0.1) is 40.8 Å². The van der Waals surface area contributed by atoms with E-state index < -0.39 is 13.7 Å². The Hall–Kier alpha value is -5.39. The molecule has 0 atom stereocenters. The molecule has 0 aliphatic carbocycles. The van der Waals surface area contributed by atoms with Gasteiger partial charge < -0.3 is 14.0 Å². The van der Waals surface area contributed by atoms with Crippen LogP contribution in [0.3, 0.4) is 0 Å². The number of nitrogens with zero attached hydrogens (tertiary/aromatic N) is 3. The van der Waals surface area contributed by atoms with Gasteiger partial charge in [-0.3, -0.25) is 16.3 Å². The monoisotopic (exact) mass is 848 g/mol. The average molecular weight is 848 g/mol. The molecule has 0 saturated carbocycles. The predicted octanol–water partition coefficient (Wildman–Crippen LogP) is 11.8. The molecule has 9 rings (SSSR count). The van der Waals surface area contributed by atoms with Crippen molar-refractivity contribution in [3.63, 3.8) is 0 Å². The molecule has 4 nitrogen and oxygen atoms in total. The molecule has 0 spiro atoms. The Morgan fingerprint density at radius 1 is 0.740 bits per heavy atom. The number of aryl methyl sites for hydroxylation is 2. The van der Waals surface area contributed by atoms with Crippen molar-refractivity contribution < 1.29 is 32.7 Å². The average Bonchev–Trinajstić information content (AvgIpc) is 3.97. The maximum atomic E-state index is 7.28. The van der Waals surface area contributed by atoms with Crippen molar-refractivity contribution in [2.24, 2.45) is 0 Å². The van der Waals surface area contributed by atoms with Gasteiger partial charge in [0.2, 0.25) is 0 Å². The van der Waals surface area contributed by atoms with Crippen LogP contribution in [-0.4, -0.2) is 14.5 Å². The van der Waals surface area contributed by atoms with Gasteiger partial charge in [-0.2, -0.15) is 0 Å². The first-order valence-electron chi connectivity index (χ1n) is 18.6. The number of benzene rings is 5. The number of furan rings is 1. The van der Waals surface area contributed by atoms with Crippen LogP contribution in [-0.2, 0) is 20.1 Å². The van der Waals surface area contributed by atoms with Crippen molar-refractivity contribution in [3.05, 3.63) is 175 Å². The molecular formula is C44H31IrN3OS-2. The van der Waals surface area contributed by atoms with Crippen LogP contribution in [0.5, 0.6) is 0 Å². The third kappa shape index (κ3) is 6.74. The quantitative estimate of drug-likeness (QED) is 0.162.